The number of nitriles is 1. The van der Waals surface area contributed by atoms with Gasteiger partial charge in [-0.05, 0) is 19.1 Å². The summed E-state index contributed by atoms with van der Waals surface area (Å²) in [4.78, 5) is 34.4. The van der Waals surface area contributed by atoms with Crippen molar-refractivity contribution in [3.8, 4) is 6.07 Å². The number of hydrogen-bond acceptors (Lipinski definition) is 6. The second-order valence-electron chi connectivity index (χ2n) is 5.95. The molecule has 0 unspecified atom stereocenters. The van der Waals surface area contributed by atoms with E-state index in [1.807, 2.05) is 29.2 Å². The molecule has 2 aromatic rings. The molecule has 1 aliphatic heterocycles. The number of anilines is 1. The molecule has 1 saturated heterocycles. The van der Waals surface area contributed by atoms with Gasteiger partial charge in [0.25, 0.3) is 0 Å². The molecule has 0 aliphatic carbocycles. The first-order valence-corrected chi connectivity index (χ1v) is 9.28. The number of piperazine rings is 1. The van der Waals surface area contributed by atoms with E-state index in [0.29, 0.717) is 29.4 Å². The molecule has 1 aliphatic rings. The number of carbonyl (C=O) groups excluding carboxylic acids is 1. The van der Waals surface area contributed by atoms with Gasteiger partial charge in [0.2, 0.25) is 5.91 Å². The first-order valence-electron chi connectivity index (χ1n) is 8.30. The van der Waals surface area contributed by atoms with Crippen molar-refractivity contribution in [3.05, 3.63) is 52.1 Å². The average molecular weight is 369 g/mol. The summed E-state index contributed by atoms with van der Waals surface area (Å²) in [6.07, 6.45) is 0. The third-order valence-corrected chi connectivity index (χ3v) is 5.24. The van der Waals surface area contributed by atoms with Crippen molar-refractivity contribution in [1.82, 2.24) is 14.9 Å². The molecular formula is C18H19N5O2S. The summed E-state index contributed by atoms with van der Waals surface area (Å²) >= 11 is 1.14. The summed E-state index contributed by atoms with van der Waals surface area (Å²) in [5.74, 6) is 0.155. The quantitative estimate of drug-likeness (QED) is 0.647. The molecule has 3 rings (SSSR count). The number of amides is 1. The Morgan fingerprint density at radius 2 is 1.96 bits per heavy atom. The minimum atomic E-state index is -0.507. The number of aryl methyl sites for hydroxylation is 1. The molecule has 1 fully saturated rings. The summed E-state index contributed by atoms with van der Waals surface area (Å²) in [5, 5.41) is 9.53. The van der Waals surface area contributed by atoms with Crippen molar-refractivity contribution in [3.63, 3.8) is 0 Å². The Bertz CT molecular complexity index is 883. The zero-order chi connectivity index (χ0) is 18.5. The zero-order valence-electron chi connectivity index (χ0n) is 14.4. The second-order valence-corrected chi connectivity index (χ2v) is 6.92. The Balaban J connectivity index is 1.57. The van der Waals surface area contributed by atoms with E-state index in [2.05, 4.69) is 27.0 Å². The van der Waals surface area contributed by atoms with Crippen LogP contribution in [0.1, 0.15) is 11.3 Å². The molecule has 1 amide bonds. The standard InChI is InChI=1S/C18H19N5O2S/c1-13-15(11-19)17(21-18(25)20-13)26-12-16(24)23-9-7-22(8-10-23)14-5-3-2-4-6-14/h2-6H,7-10,12H2,1H3,(H,20,21,25). The molecule has 134 valence electrons. The Hall–Kier alpha value is -2.79. The molecule has 26 heavy (non-hydrogen) atoms. The highest BCUT2D eigenvalue weighted by Gasteiger charge is 2.22. The summed E-state index contributed by atoms with van der Waals surface area (Å²) in [7, 11) is 0. The second kappa shape index (κ2) is 8.06. The fraction of sp³-hybridized carbons (Fsp3) is 0.333. The number of carbonyl (C=O) groups is 1. The van der Waals surface area contributed by atoms with E-state index in [4.69, 9.17) is 0 Å². The van der Waals surface area contributed by atoms with Gasteiger partial charge in [-0.25, -0.2) is 4.79 Å². The van der Waals surface area contributed by atoms with Gasteiger partial charge in [-0.15, -0.1) is 0 Å². The Kier molecular flexibility index (Phi) is 5.58. The lowest BCUT2D eigenvalue weighted by atomic mass is 10.2. The van der Waals surface area contributed by atoms with Gasteiger partial charge in [-0.3, -0.25) is 4.79 Å². The van der Waals surface area contributed by atoms with Crippen molar-refractivity contribution in [2.45, 2.75) is 11.9 Å². The van der Waals surface area contributed by atoms with Gasteiger partial charge >= 0.3 is 5.69 Å². The molecule has 0 spiro atoms. The van der Waals surface area contributed by atoms with E-state index in [9.17, 15) is 14.9 Å². The summed E-state index contributed by atoms with van der Waals surface area (Å²) in [6.45, 7) is 4.53. The van der Waals surface area contributed by atoms with Crippen molar-refractivity contribution in [1.29, 1.82) is 5.26 Å². The lowest BCUT2D eigenvalue weighted by Gasteiger charge is -2.36. The van der Waals surface area contributed by atoms with Crippen molar-refractivity contribution in [2.24, 2.45) is 0 Å². The maximum absolute atomic E-state index is 12.5. The molecular weight excluding hydrogens is 350 g/mol. The van der Waals surface area contributed by atoms with E-state index in [1.165, 1.54) is 0 Å². The van der Waals surface area contributed by atoms with Crippen LogP contribution in [0.4, 0.5) is 5.69 Å². The summed E-state index contributed by atoms with van der Waals surface area (Å²) in [6, 6.07) is 12.2. The highest BCUT2D eigenvalue weighted by Crippen LogP contribution is 2.21. The largest absolute Gasteiger partial charge is 0.368 e. The third-order valence-electron chi connectivity index (χ3n) is 4.28. The topological polar surface area (TPSA) is 93.1 Å². The van der Waals surface area contributed by atoms with Crippen LogP contribution in [0.5, 0.6) is 0 Å². The zero-order valence-corrected chi connectivity index (χ0v) is 15.3. The molecule has 1 N–H and O–H groups in total. The van der Waals surface area contributed by atoms with Crippen LogP contribution in [0.2, 0.25) is 0 Å². The molecule has 0 saturated carbocycles. The SMILES string of the molecule is Cc1[nH]c(=O)nc(SCC(=O)N2CCN(c3ccccc3)CC2)c1C#N. The molecule has 1 aromatic carbocycles. The lowest BCUT2D eigenvalue weighted by molar-refractivity contribution is -0.128. The van der Waals surface area contributed by atoms with Gasteiger partial charge in [-0.1, -0.05) is 30.0 Å². The maximum atomic E-state index is 12.5. The Labute approximate surface area is 155 Å². The number of nitrogens with one attached hydrogen (secondary N) is 1. The van der Waals surface area contributed by atoms with E-state index in [0.717, 1.165) is 30.5 Å². The normalized spacial score (nSPS) is 14.2. The minimum Gasteiger partial charge on any atom is -0.368 e. The van der Waals surface area contributed by atoms with Crippen molar-refractivity contribution >= 4 is 23.4 Å². The van der Waals surface area contributed by atoms with Gasteiger partial charge in [-0.2, -0.15) is 10.2 Å². The summed E-state index contributed by atoms with van der Waals surface area (Å²) in [5.41, 5.74) is 1.44. The predicted octanol–water partition coefficient (Wildman–Crippen LogP) is 1.39. The van der Waals surface area contributed by atoms with Crippen LogP contribution < -0.4 is 10.6 Å². The van der Waals surface area contributed by atoms with E-state index >= 15 is 0 Å². The van der Waals surface area contributed by atoms with Crippen molar-refractivity contribution < 1.29 is 4.79 Å². The van der Waals surface area contributed by atoms with E-state index in [1.54, 1.807) is 6.92 Å². The van der Waals surface area contributed by atoms with Gasteiger partial charge in [0, 0.05) is 37.6 Å². The first-order chi connectivity index (χ1) is 12.6. The smallest absolute Gasteiger partial charge is 0.346 e. The van der Waals surface area contributed by atoms with Crippen molar-refractivity contribution in [2.75, 3.05) is 36.8 Å². The third kappa shape index (κ3) is 4.06. The van der Waals surface area contributed by atoms with Gasteiger partial charge in [0.15, 0.2) is 0 Å². The number of thioether (sulfide) groups is 1. The Morgan fingerprint density at radius 3 is 2.62 bits per heavy atom. The van der Waals surface area contributed by atoms with Crippen LogP contribution in [-0.2, 0) is 4.79 Å². The number of rotatable bonds is 4. The van der Waals surface area contributed by atoms with E-state index < -0.39 is 5.69 Å². The van der Waals surface area contributed by atoms with E-state index in [-0.39, 0.29) is 11.7 Å². The van der Waals surface area contributed by atoms with Crippen LogP contribution in [0, 0.1) is 18.3 Å². The monoisotopic (exact) mass is 369 g/mol. The first kappa shape index (κ1) is 18.0. The van der Waals surface area contributed by atoms with Crippen LogP contribution in [0.25, 0.3) is 0 Å². The lowest BCUT2D eigenvalue weighted by Crippen LogP contribution is -2.49. The molecule has 0 bridgehead atoms. The van der Waals surface area contributed by atoms with Gasteiger partial charge < -0.3 is 14.8 Å². The number of nitrogens with zero attached hydrogens (tertiary/aromatic N) is 4. The molecule has 7 nitrogen and oxygen atoms in total. The van der Waals surface area contributed by atoms with Crippen LogP contribution in [0.3, 0.4) is 0 Å². The average Bonchev–Trinajstić information content (AvgIpc) is 2.66. The fourth-order valence-corrected chi connectivity index (χ4v) is 3.80. The van der Waals surface area contributed by atoms with Crippen LogP contribution in [-0.4, -0.2) is 52.7 Å². The van der Waals surface area contributed by atoms with Gasteiger partial charge in [0.1, 0.15) is 16.7 Å². The highest BCUT2D eigenvalue weighted by atomic mass is 32.2. The highest BCUT2D eigenvalue weighted by molar-refractivity contribution is 7.99. The minimum absolute atomic E-state index is 0.00802. The maximum Gasteiger partial charge on any atom is 0.346 e. The molecule has 0 atom stereocenters. The molecule has 0 radical (unpaired) electrons. The fourth-order valence-electron chi connectivity index (χ4n) is 2.87. The number of H-pyrrole nitrogens is 1. The number of benzene rings is 1. The van der Waals surface area contributed by atoms with Crippen LogP contribution in [0.15, 0.2) is 40.2 Å². The molecule has 1 aromatic heterocycles. The van der Waals surface area contributed by atoms with Crippen LogP contribution >= 0.6 is 11.8 Å². The number of aromatic amines is 1. The number of hydrogen-bond donors (Lipinski definition) is 1. The number of aromatic nitrogens is 2. The molecule has 8 heteroatoms. The predicted molar refractivity (Wildman–Crippen MR) is 100 cm³/mol. The number of para-hydroxylation sites is 1. The van der Waals surface area contributed by atoms with Gasteiger partial charge in [0.05, 0.1) is 5.75 Å². The summed E-state index contributed by atoms with van der Waals surface area (Å²) < 4.78 is 0. The Morgan fingerprint density at radius 1 is 1.27 bits per heavy atom. The molecule has 2 heterocycles.